The number of rotatable bonds is 4. The van der Waals surface area contributed by atoms with Crippen molar-refractivity contribution in [3.05, 3.63) is 23.8 Å². The first-order valence-corrected chi connectivity index (χ1v) is 5.91. The molecular formula is C8H6BF4O5S-. The van der Waals surface area contributed by atoms with E-state index in [1.54, 1.807) is 0 Å². The van der Waals surface area contributed by atoms with E-state index >= 15 is 0 Å². The van der Waals surface area contributed by atoms with E-state index in [1.807, 2.05) is 0 Å². The van der Waals surface area contributed by atoms with Gasteiger partial charge in [0.1, 0.15) is 5.75 Å². The Morgan fingerprint density at radius 1 is 1.21 bits per heavy atom. The van der Waals surface area contributed by atoms with E-state index < -0.39 is 40.2 Å². The Labute approximate surface area is 105 Å². The molecule has 1 aromatic carbocycles. The van der Waals surface area contributed by atoms with E-state index in [0.717, 1.165) is 7.11 Å². The lowest BCUT2D eigenvalue weighted by Crippen LogP contribution is -2.34. The standard InChI is InChI=1S/C8H6BF4O5S/c1-17-8(14)5-2-6(9(10,11)12)4-7(3-5)18-19(13,15)16/h2-4H,1H3/q-1. The van der Waals surface area contributed by atoms with Crippen LogP contribution in [0.25, 0.3) is 0 Å². The minimum absolute atomic E-state index is 0.267. The fourth-order valence-corrected chi connectivity index (χ4v) is 1.54. The zero-order valence-electron chi connectivity index (χ0n) is 9.27. The molecule has 1 aromatic rings. The van der Waals surface area contributed by atoms with Crippen LogP contribution in [0.2, 0.25) is 0 Å². The highest BCUT2D eigenvalue weighted by molar-refractivity contribution is 7.81. The summed E-state index contributed by atoms with van der Waals surface area (Å²) in [6.45, 7) is -5.53. The molecular weight excluding hydrogens is 295 g/mol. The van der Waals surface area contributed by atoms with Gasteiger partial charge in [0.2, 0.25) is 0 Å². The summed E-state index contributed by atoms with van der Waals surface area (Å²) in [7, 11) is -4.58. The number of benzene rings is 1. The van der Waals surface area contributed by atoms with Gasteiger partial charge in [-0.05, 0) is 12.1 Å². The van der Waals surface area contributed by atoms with Gasteiger partial charge < -0.3 is 21.9 Å². The van der Waals surface area contributed by atoms with Gasteiger partial charge in [-0.1, -0.05) is 9.95 Å². The summed E-state index contributed by atoms with van der Waals surface area (Å²) in [6.07, 6.45) is 0. The molecule has 0 aromatic heterocycles. The lowest BCUT2D eigenvalue weighted by atomic mass is 9.79. The van der Waals surface area contributed by atoms with E-state index in [9.17, 15) is 30.0 Å². The minimum atomic E-state index is -5.53. The molecule has 19 heavy (non-hydrogen) atoms. The van der Waals surface area contributed by atoms with Crippen LogP contribution in [0, 0.1) is 0 Å². The molecule has 1 rings (SSSR count). The van der Waals surface area contributed by atoms with Gasteiger partial charge >= 0.3 is 23.5 Å². The number of esters is 1. The highest BCUT2D eigenvalue weighted by atomic mass is 32.3. The molecule has 0 aliphatic heterocycles. The van der Waals surface area contributed by atoms with Crippen molar-refractivity contribution in [2.24, 2.45) is 0 Å². The van der Waals surface area contributed by atoms with Crippen LogP contribution in [0.1, 0.15) is 10.4 Å². The molecule has 0 saturated carbocycles. The van der Waals surface area contributed by atoms with Crippen molar-refractivity contribution in [3.8, 4) is 5.75 Å². The first-order valence-electron chi connectivity index (χ1n) is 4.60. The SMILES string of the molecule is COC(=O)c1cc(OS(=O)(=O)F)cc([B-](F)(F)F)c1. The third-order valence-corrected chi connectivity index (χ3v) is 2.32. The van der Waals surface area contributed by atoms with Gasteiger partial charge in [0.05, 0.1) is 12.7 Å². The van der Waals surface area contributed by atoms with Gasteiger partial charge in [-0.15, -0.1) is 5.46 Å². The lowest BCUT2D eigenvalue weighted by molar-refractivity contribution is 0.0600. The Hall–Kier alpha value is -1.78. The van der Waals surface area contributed by atoms with Crippen molar-refractivity contribution in [2.45, 2.75) is 0 Å². The van der Waals surface area contributed by atoms with Crippen LogP contribution in [0.3, 0.4) is 0 Å². The first kappa shape index (κ1) is 15.3. The fourth-order valence-electron chi connectivity index (χ4n) is 1.21. The van der Waals surface area contributed by atoms with Crippen molar-refractivity contribution in [1.29, 1.82) is 0 Å². The molecule has 0 atom stereocenters. The molecule has 0 bridgehead atoms. The number of ether oxygens (including phenoxy) is 1. The number of halogens is 4. The summed E-state index contributed by atoms with van der Waals surface area (Å²) in [5.74, 6) is -2.12. The molecule has 0 aliphatic carbocycles. The highest BCUT2D eigenvalue weighted by Crippen LogP contribution is 2.19. The Morgan fingerprint density at radius 3 is 2.21 bits per heavy atom. The predicted octanol–water partition coefficient (Wildman–Crippen LogP) is 1.12. The number of carbonyl (C=O) groups is 1. The number of carbonyl (C=O) groups excluding carboxylic acids is 1. The normalized spacial score (nSPS) is 12.1. The second-order valence-electron chi connectivity index (χ2n) is 3.33. The van der Waals surface area contributed by atoms with E-state index in [0.29, 0.717) is 12.1 Å². The maximum absolute atomic E-state index is 12.6. The van der Waals surface area contributed by atoms with Crippen LogP contribution < -0.4 is 9.65 Å². The van der Waals surface area contributed by atoms with E-state index in [-0.39, 0.29) is 6.07 Å². The first-order chi connectivity index (χ1) is 8.53. The fraction of sp³-hybridized carbons (Fsp3) is 0.125. The second kappa shape index (κ2) is 5.07. The van der Waals surface area contributed by atoms with Crippen LogP contribution in [0.4, 0.5) is 16.8 Å². The maximum atomic E-state index is 12.6. The third kappa shape index (κ3) is 4.43. The highest BCUT2D eigenvalue weighted by Gasteiger charge is 2.28. The smallest absolute Gasteiger partial charge is 0.465 e. The largest absolute Gasteiger partial charge is 0.509 e. The Balaban J connectivity index is 3.36. The van der Waals surface area contributed by atoms with Crippen LogP contribution in [0.15, 0.2) is 18.2 Å². The Morgan fingerprint density at radius 2 is 1.79 bits per heavy atom. The quantitative estimate of drug-likeness (QED) is 0.361. The summed E-state index contributed by atoms with van der Waals surface area (Å²) in [6, 6.07) is 1.33. The van der Waals surface area contributed by atoms with Gasteiger partial charge in [0.15, 0.2) is 0 Å². The molecule has 106 valence electrons. The summed E-state index contributed by atoms with van der Waals surface area (Å²) in [4.78, 5) is 11.1. The summed E-state index contributed by atoms with van der Waals surface area (Å²) in [5, 5.41) is 0. The van der Waals surface area contributed by atoms with Crippen molar-refractivity contribution in [2.75, 3.05) is 7.11 Å². The van der Waals surface area contributed by atoms with Crippen molar-refractivity contribution < 1.29 is 39.0 Å². The Bertz CT molecular complexity index is 598. The summed E-state index contributed by atoms with van der Waals surface area (Å²) < 4.78 is 78.3. The number of methoxy groups -OCH3 is 1. The van der Waals surface area contributed by atoms with Crippen LogP contribution >= 0.6 is 0 Å². The molecule has 0 N–H and O–H groups in total. The van der Waals surface area contributed by atoms with Gasteiger partial charge in [0, 0.05) is 0 Å². The molecule has 0 unspecified atom stereocenters. The zero-order valence-corrected chi connectivity index (χ0v) is 10.1. The van der Waals surface area contributed by atoms with E-state index in [4.69, 9.17) is 0 Å². The van der Waals surface area contributed by atoms with E-state index in [2.05, 4.69) is 8.92 Å². The summed E-state index contributed by atoms with van der Waals surface area (Å²) in [5.41, 5.74) is -1.93. The molecule has 0 spiro atoms. The van der Waals surface area contributed by atoms with Gasteiger partial charge in [-0.3, -0.25) is 0 Å². The molecule has 11 heteroatoms. The predicted molar refractivity (Wildman–Crippen MR) is 57.1 cm³/mol. The zero-order chi connectivity index (χ0) is 14.8. The van der Waals surface area contributed by atoms with E-state index in [1.165, 1.54) is 0 Å². The minimum Gasteiger partial charge on any atom is -0.465 e. The molecule has 0 saturated heterocycles. The van der Waals surface area contributed by atoms with Crippen LogP contribution in [-0.4, -0.2) is 28.5 Å². The monoisotopic (exact) mass is 301 g/mol. The average molecular weight is 301 g/mol. The number of hydrogen-bond acceptors (Lipinski definition) is 5. The second-order valence-corrected chi connectivity index (χ2v) is 4.29. The molecule has 0 radical (unpaired) electrons. The van der Waals surface area contributed by atoms with Gasteiger partial charge in [-0.25, -0.2) is 4.79 Å². The third-order valence-electron chi connectivity index (χ3n) is 1.92. The molecule has 0 fully saturated rings. The topological polar surface area (TPSA) is 69.7 Å². The number of hydrogen-bond donors (Lipinski definition) is 0. The molecule has 0 aliphatic rings. The van der Waals surface area contributed by atoms with Crippen LogP contribution in [0.5, 0.6) is 5.75 Å². The lowest BCUT2D eigenvalue weighted by Gasteiger charge is -2.16. The molecule has 5 nitrogen and oxygen atoms in total. The van der Waals surface area contributed by atoms with Crippen molar-refractivity contribution in [3.63, 3.8) is 0 Å². The maximum Gasteiger partial charge on any atom is 0.509 e. The van der Waals surface area contributed by atoms with Gasteiger partial charge in [0.25, 0.3) is 0 Å². The van der Waals surface area contributed by atoms with Crippen LogP contribution in [-0.2, 0) is 15.2 Å². The molecule has 0 amide bonds. The average Bonchev–Trinajstić information content (AvgIpc) is 2.24. The Kier molecular flexibility index (Phi) is 4.08. The van der Waals surface area contributed by atoms with Crippen molar-refractivity contribution in [1.82, 2.24) is 0 Å². The summed E-state index contributed by atoms with van der Waals surface area (Å²) >= 11 is 0. The van der Waals surface area contributed by atoms with Crippen molar-refractivity contribution >= 4 is 28.9 Å². The van der Waals surface area contributed by atoms with Gasteiger partial charge in [-0.2, -0.15) is 8.42 Å². The molecule has 0 heterocycles.